The van der Waals surface area contributed by atoms with E-state index in [9.17, 15) is 9.59 Å². The molecule has 0 amide bonds. The fraction of sp³-hybridized carbons (Fsp3) is 0.300. The molecule has 134 valence electrons. The molecule has 0 aromatic heterocycles. The average molecular weight is 391 g/mol. The van der Waals surface area contributed by atoms with Crippen LogP contribution in [0.15, 0.2) is 36.4 Å². The minimum absolute atomic E-state index is 0.380. The molecule has 26 heavy (non-hydrogen) atoms. The lowest BCUT2D eigenvalue weighted by atomic mass is 9.79. The van der Waals surface area contributed by atoms with Crippen LogP contribution in [0.25, 0.3) is 11.1 Å². The molecule has 0 spiro atoms. The van der Waals surface area contributed by atoms with Crippen molar-refractivity contribution in [2.45, 2.75) is 25.7 Å². The van der Waals surface area contributed by atoms with Crippen molar-refractivity contribution in [1.29, 1.82) is 0 Å². The maximum Gasteiger partial charge on any atom is 0.315 e. The molecule has 1 aliphatic carbocycles. The van der Waals surface area contributed by atoms with Crippen LogP contribution >= 0.6 is 23.2 Å². The largest absolute Gasteiger partial charge is 0.426 e. The Hall–Kier alpha value is -2.04. The first-order chi connectivity index (χ1) is 12.5. The number of carbonyl (C=O) groups is 2. The van der Waals surface area contributed by atoms with E-state index >= 15 is 0 Å². The Morgan fingerprint density at radius 3 is 1.58 bits per heavy atom. The molecule has 0 N–H and O–H groups in total. The van der Waals surface area contributed by atoms with Gasteiger partial charge in [0.25, 0.3) is 0 Å². The Balaban J connectivity index is 1.90. The van der Waals surface area contributed by atoms with Crippen LogP contribution in [0.2, 0.25) is 10.0 Å². The molecule has 6 heteroatoms. The molecule has 4 nitrogen and oxygen atoms in total. The maximum atomic E-state index is 12.7. The van der Waals surface area contributed by atoms with Crippen molar-refractivity contribution in [3.63, 3.8) is 0 Å². The first-order valence-corrected chi connectivity index (χ1v) is 9.31. The number of rotatable bonds is 0. The Morgan fingerprint density at radius 2 is 1.15 bits per heavy atom. The fourth-order valence-electron chi connectivity index (χ4n) is 3.67. The summed E-state index contributed by atoms with van der Waals surface area (Å²) in [7, 11) is 0. The lowest BCUT2D eigenvalue weighted by Crippen LogP contribution is -2.37. The van der Waals surface area contributed by atoms with E-state index in [4.69, 9.17) is 32.7 Å². The number of benzene rings is 2. The van der Waals surface area contributed by atoms with E-state index in [-0.39, 0.29) is 0 Å². The molecule has 1 aliphatic heterocycles. The SMILES string of the molecule is O=C1Oc2ccc(Cl)cc2-c2cc(Cl)ccc2OC(=O)[C@H]2CCCC[C@H]12. The minimum Gasteiger partial charge on any atom is -0.426 e. The molecule has 0 bridgehead atoms. The van der Waals surface area contributed by atoms with E-state index < -0.39 is 23.8 Å². The van der Waals surface area contributed by atoms with Gasteiger partial charge in [0.15, 0.2) is 0 Å². The molecular weight excluding hydrogens is 375 g/mol. The van der Waals surface area contributed by atoms with Gasteiger partial charge in [0, 0.05) is 21.2 Å². The van der Waals surface area contributed by atoms with Crippen molar-refractivity contribution in [1.82, 2.24) is 0 Å². The van der Waals surface area contributed by atoms with Gasteiger partial charge in [0.1, 0.15) is 11.5 Å². The van der Waals surface area contributed by atoms with Gasteiger partial charge >= 0.3 is 11.9 Å². The minimum atomic E-state index is -0.492. The van der Waals surface area contributed by atoms with Gasteiger partial charge in [0.2, 0.25) is 0 Å². The summed E-state index contributed by atoms with van der Waals surface area (Å²) in [6.45, 7) is 0. The summed E-state index contributed by atoms with van der Waals surface area (Å²) in [4.78, 5) is 25.5. The third-order valence-corrected chi connectivity index (χ3v) is 5.44. The van der Waals surface area contributed by atoms with E-state index in [1.165, 1.54) is 0 Å². The van der Waals surface area contributed by atoms with Crippen LogP contribution in [-0.4, -0.2) is 11.9 Å². The summed E-state index contributed by atoms with van der Waals surface area (Å²) < 4.78 is 11.4. The Morgan fingerprint density at radius 1 is 0.731 bits per heavy atom. The molecule has 4 rings (SSSR count). The van der Waals surface area contributed by atoms with Crippen LogP contribution in [0.1, 0.15) is 25.7 Å². The highest BCUT2D eigenvalue weighted by molar-refractivity contribution is 6.31. The van der Waals surface area contributed by atoms with Crippen molar-refractivity contribution in [3.8, 4) is 22.6 Å². The number of fused-ring (bicyclic) bond motifs is 4. The molecule has 2 aromatic rings. The number of ether oxygens (including phenoxy) is 2. The molecule has 0 saturated heterocycles. The third-order valence-electron chi connectivity index (χ3n) is 4.97. The van der Waals surface area contributed by atoms with Crippen LogP contribution in [0, 0.1) is 11.8 Å². The second-order valence-electron chi connectivity index (χ2n) is 6.62. The number of esters is 2. The smallest absolute Gasteiger partial charge is 0.315 e. The monoisotopic (exact) mass is 390 g/mol. The standard InChI is InChI=1S/C20H16Cl2O4/c21-11-5-7-17-15(9-11)16-10-12(22)6-8-18(16)26-20(24)14-4-2-1-3-13(14)19(23)25-17/h5-10,13-14H,1-4H2/t13-,14-/m0/s1. The summed E-state index contributed by atoms with van der Waals surface area (Å²) >= 11 is 12.3. The van der Waals surface area contributed by atoms with Gasteiger partial charge < -0.3 is 9.47 Å². The van der Waals surface area contributed by atoms with Gasteiger partial charge in [-0.3, -0.25) is 9.59 Å². The third kappa shape index (κ3) is 3.19. The second kappa shape index (κ2) is 6.93. The Labute approximate surface area is 161 Å². The lowest BCUT2D eigenvalue weighted by Gasteiger charge is -2.29. The van der Waals surface area contributed by atoms with Gasteiger partial charge in [-0.1, -0.05) is 36.0 Å². The van der Waals surface area contributed by atoms with Crippen LogP contribution in [0.4, 0.5) is 0 Å². The van der Waals surface area contributed by atoms with Crippen molar-refractivity contribution in [2.24, 2.45) is 11.8 Å². The van der Waals surface area contributed by atoms with Gasteiger partial charge in [-0.15, -0.1) is 0 Å². The predicted octanol–water partition coefficient (Wildman–Crippen LogP) is 5.29. The Bertz CT molecular complexity index is 820. The van der Waals surface area contributed by atoms with Gasteiger partial charge in [-0.25, -0.2) is 0 Å². The molecule has 2 atom stereocenters. The summed E-state index contributed by atoms with van der Waals surface area (Å²) in [5.74, 6) is -1.03. The summed E-state index contributed by atoms with van der Waals surface area (Å²) in [5, 5.41) is 0.953. The van der Waals surface area contributed by atoms with Gasteiger partial charge in [-0.2, -0.15) is 0 Å². The van der Waals surface area contributed by atoms with Crippen LogP contribution in [0.5, 0.6) is 11.5 Å². The summed E-state index contributed by atoms with van der Waals surface area (Å²) in [5.41, 5.74) is 1.12. The Kier molecular flexibility index (Phi) is 4.63. The zero-order chi connectivity index (χ0) is 18.3. The molecule has 1 saturated carbocycles. The molecule has 1 heterocycles. The van der Waals surface area contributed by atoms with E-state index in [1.807, 2.05) is 0 Å². The quantitative estimate of drug-likeness (QED) is 0.452. The van der Waals surface area contributed by atoms with Crippen LogP contribution in [0.3, 0.4) is 0 Å². The molecular formula is C20H16Cl2O4. The first-order valence-electron chi connectivity index (χ1n) is 8.56. The summed E-state index contributed by atoms with van der Waals surface area (Å²) in [6, 6.07) is 9.98. The zero-order valence-electron chi connectivity index (χ0n) is 13.8. The highest BCUT2D eigenvalue weighted by Crippen LogP contribution is 2.42. The molecule has 2 aliphatic rings. The van der Waals surface area contributed by atoms with E-state index in [2.05, 4.69) is 0 Å². The number of carbonyl (C=O) groups excluding carboxylic acids is 2. The first kappa shape index (κ1) is 17.4. The van der Waals surface area contributed by atoms with Crippen molar-refractivity contribution in [2.75, 3.05) is 0 Å². The van der Waals surface area contributed by atoms with Gasteiger partial charge in [0.05, 0.1) is 11.8 Å². The molecule has 0 radical (unpaired) electrons. The second-order valence-corrected chi connectivity index (χ2v) is 7.49. The van der Waals surface area contributed by atoms with Crippen molar-refractivity contribution >= 4 is 35.1 Å². The van der Waals surface area contributed by atoms with Gasteiger partial charge in [-0.05, 0) is 49.2 Å². The highest BCUT2D eigenvalue weighted by Gasteiger charge is 2.39. The van der Waals surface area contributed by atoms with Crippen molar-refractivity contribution < 1.29 is 19.1 Å². The van der Waals surface area contributed by atoms with Crippen molar-refractivity contribution in [3.05, 3.63) is 46.4 Å². The zero-order valence-corrected chi connectivity index (χ0v) is 15.3. The van der Waals surface area contributed by atoms with E-state index in [0.29, 0.717) is 45.5 Å². The number of hydrogen-bond donors (Lipinski definition) is 0. The number of halogens is 2. The predicted molar refractivity (Wildman–Crippen MR) is 98.6 cm³/mol. The highest BCUT2D eigenvalue weighted by atomic mass is 35.5. The summed E-state index contributed by atoms with van der Waals surface area (Å²) in [6.07, 6.45) is 3.02. The van der Waals surface area contributed by atoms with E-state index in [0.717, 1.165) is 12.8 Å². The topological polar surface area (TPSA) is 52.6 Å². The van der Waals surface area contributed by atoms with E-state index in [1.54, 1.807) is 36.4 Å². The van der Waals surface area contributed by atoms with Crippen LogP contribution < -0.4 is 9.47 Å². The fourth-order valence-corrected chi connectivity index (χ4v) is 4.01. The average Bonchev–Trinajstić information content (AvgIpc) is 2.64. The lowest BCUT2D eigenvalue weighted by molar-refractivity contribution is -0.152. The molecule has 2 aromatic carbocycles. The molecule has 0 unspecified atom stereocenters. The van der Waals surface area contributed by atoms with Crippen LogP contribution in [-0.2, 0) is 9.59 Å². The maximum absolute atomic E-state index is 12.7. The molecule has 1 fully saturated rings. The normalized spacial score (nSPS) is 22.4. The number of hydrogen-bond acceptors (Lipinski definition) is 4.